The van der Waals surface area contributed by atoms with E-state index in [9.17, 15) is 0 Å². The van der Waals surface area contributed by atoms with Crippen LogP contribution in [-0.4, -0.2) is 43.3 Å². The van der Waals surface area contributed by atoms with Crippen molar-refractivity contribution in [3.05, 3.63) is 24.3 Å². The van der Waals surface area contributed by atoms with Crippen LogP contribution in [0.4, 0.5) is 5.69 Å². The van der Waals surface area contributed by atoms with Gasteiger partial charge in [0, 0.05) is 17.8 Å². The maximum Gasteiger partial charge on any atom is 0.170 e. The number of anilines is 1. The number of benzene rings is 1. The Labute approximate surface area is 120 Å². The topological polar surface area (TPSA) is 36.5 Å². The van der Waals surface area contributed by atoms with Gasteiger partial charge in [-0.3, -0.25) is 0 Å². The molecule has 0 radical (unpaired) electrons. The van der Waals surface area contributed by atoms with E-state index in [0.29, 0.717) is 11.2 Å². The summed E-state index contributed by atoms with van der Waals surface area (Å²) < 4.78 is 5.19. The van der Waals surface area contributed by atoms with Gasteiger partial charge in [0.25, 0.3) is 0 Å². The molecular formula is C14H21N3OS. The summed E-state index contributed by atoms with van der Waals surface area (Å²) in [6.07, 6.45) is 2.27. The first-order chi connectivity index (χ1) is 9.17. The Bertz CT molecular complexity index is 430. The highest BCUT2D eigenvalue weighted by molar-refractivity contribution is 7.80. The molecular weight excluding hydrogens is 258 g/mol. The summed E-state index contributed by atoms with van der Waals surface area (Å²) in [4.78, 5) is 2.34. The van der Waals surface area contributed by atoms with Gasteiger partial charge in [-0.2, -0.15) is 0 Å². The average Bonchev–Trinajstić information content (AvgIpc) is 2.41. The molecule has 0 bridgehead atoms. The van der Waals surface area contributed by atoms with Crippen LogP contribution in [0.2, 0.25) is 0 Å². The quantitative estimate of drug-likeness (QED) is 0.829. The lowest BCUT2D eigenvalue weighted by Gasteiger charge is -2.30. The van der Waals surface area contributed by atoms with E-state index in [1.165, 1.54) is 0 Å². The molecule has 0 atom stereocenters. The highest BCUT2D eigenvalue weighted by atomic mass is 32.1. The van der Waals surface area contributed by atoms with Crippen LogP contribution >= 0.6 is 12.2 Å². The van der Waals surface area contributed by atoms with Gasteiger partial charge in [-0.05, 0) is 57.3 Å². The van der Waals surface area contributed by atoms with Gasteiger partial charge in [0.1, 0.15) is 5.75 Å². The molecule has 1 aliphatic rings. The third kappa shape index (κ3) is 4.36. The number of piperidine rings is 1. The standard InChI is InChI=1S/C14H21N3OS/c1-17-8-6-11(7-9-17)15-14(19)16-12-4-3-5-13(10-12)18-2/h3-5,10-11H,6-9H2,1-2H3,(H2,15,16,19). The van der Waals surface area contributed by atoms with Gasteiger partial charge in [0.15, 0.2) is 5.11 Å². The van der Waals surface area contributed by atoms with Crippen molar-refractivity contribution in [3.8, 4) is 5.75 Å². The average molecular weight is 279 g/mol. The summed E-state index contributed by atoms with van der Waals surface area (Å²) in [5.74, 6) is 0.826. The number of methoxy groups -OCH3 is 1. The molecule has 1 saturated heterocycles. The van der Waals surface area contributed by atoms with E-state index in [0.717, 1.165) is 37.4 Å². The number of nitrogens with zero attached hydrogens (tertiary/aromatic N) is 1. The number of ether oxygens (including phenoxy) is 1. The number of thiocarbonyl (C=S) groups is 1. The van der Waals surface area contributed by atoms with Crippen LogP contribution in [0.3, 0.4) is 0 Å². The molecule has 1 heterocycles. The summed E-state index contributed by atoms with van der Waals surface area (Å²) in [5.41, 5.74) is 0.949. The van der Waals surface area contributed by atoms with Crippen LogP contribution in [0, 0.1) is 0 Å². The third-order valence-corrected chi connectivity index (χ3v) is 3.60. The summed E-state index contributed by atoms with van der Waals surface area (Å²) in [5, 5.41) is 7.26. The normalized spacial score (nSPS) is 16.9. The monoisotopic (exact) mass is 279 g/mol. The lowest BCUT2D eigenvalue weighted by atomic mass is 10.1. The number of hydrogen-bond acceptors (Lipinski definition) is 3. The Kier molecular flexibility index (Phi) is 4.99. The molecule has 2 N–H and O–H groups in total. The molecule has 104 valence electrons. The van der Waals surface area contributed by atoms with E-state index in [1.54, 1.807) is 7.11 Å². The molecule has 0 aliphatic carbocycles. The van der Waals surface area contributed by atoms with Crippen LogP contribution in [0.5, 0.6) is 5.75 Å². The fourth-order valence-corrected chi connectivity index (χ4v) is 2.49. The smallest absolute Gasteiger partial charge is 0.170 e. The van der Waals surface area contributed by atoms with Crippen LogP contribution in [-0.2, 0) is 0 Å². The van der Waals surface area contributed by atoms with Crippen LogP contribution < -0.4 is 15.4 Å². The minimum atomic E-state index is 0.474. The second-order valence-electron chi connectivity index (χ2n) is 4.91. The van der Waals surface area contributed by atoms with Gasteiger partial charge in [0.2, 0.25) is 0 Å². The largest absolute Gasteiger partial charge is 0.497 e. The molecule has 0 spiro atoms. The minimum Gasteiger partial charge on any atom is -0.497 e. The first kappa shape index (κ1) is 14.1. The molecule has 19 heavy (non-hydrogen) atoms. The third-order valence-electron chi connectivity index (χ3n) is 3.38. The number of hydrogen-bond donors (Lipinski definition) is 2. The van der Waals surface area contributed by atoms with E-state index in [1.807, 2.05) is 24.3 Å². The number of rotatable bonds is 3. The maximum atomic E-state index is 5.35. The summed E-state index contributed by atoms with van der Waals surface area (Å²) in [6.45, 7) is 2.25. The molecule has 0 unspecified atom stereocenters. The van der Waals surface area contributed by atoms with Gasteiger partial charge in [-0.15, -0.1) is 0 Å². The Morgan fingerprint density at radius 1 is 1.37 bits per heavy atom. The van der Waals surface area contributed by atoms with Crippen LogP contribution in [0.15, 0.2) is 24.3 Å². The lowest BCUT2D eigenvalue weighted by molar-refractivity contribution is 0.247. The first-order valence-corrected chi connectivity index (χ1v) is 6.98. The summed E-state index contributed by atoms with van der Waals surface area (Å²) in [7, 11) is 3.82. The molecule has 2 rings (SSSR count). The highest BCUT2D eigenvalue weighted by Crippen LogP contribution is 2.16. The first-order valence-electron chi connectivity index (χ1n) is 6.57. The van der Waals surface area contributed by atoms with Crippen molar-refractivity contribution in [1.29, 1.82) is 0 Å². The molecule has 1 aromatic carbocycles. The van der Waals surface area contributed by atoms with E-state index < -0.39 is 0 Å². The second kappa shape index (κ2) is 6.73. The van der Waals surface area contributed by atoms with Crippen molar-refractivity contribution in [2.75, 3.05) is 32.6 Å². The minimum absolute atomic E-state index is 0.474. The van der Waals surface area contributed by atoms with Crippen molar-refractivity contribution >= 4 is 23.0 Å². The lowest BCUT2D eigenvalue weighted by Crippen LogP contribution is -2.44. The van der Waals surface area contributed by atoms with E-state index in [2.05, 4.69) is 22.6 Å². The molecule has 0 amide bonds. The molecule has 1 fully saturated rings. The van der Waals surface area contributed by atoms with Gasteiger partial charge in [-0.25, -0.2) is 0 Å². The Hall–Kier alpha value is -1.33. The zero-order valence-corrected chi connectivity index (χ0v) is 12.3. The highest BCUT2D eigenvalue weighted by Gasteiger charge is 2.16. The van der Waals surface area contributed by atoms with E-state index in [-0.39, 0.29) is 0 Å². The zero-order valence-electron chi connectivity index (χ0n) is 11.5. The zero-order chi connectivity index (χ0) is 13.7. The van der Waals surface area contributed by atoms with Gasteiger partial charge < -0.3 is 20.3 Å². The van der Waals surface area contributed by atoms with E-state index in [4.69, 9.17) is 17.0 Å². The fraction of sp³-hybridized carbons (Fsp3) is 0.500. The fourth-order valence-electron chi connectivity index (χ4n) is 2.21. The molecule has 0 saturated carbocycles. The summed E-state index contributed by atoms with van der Waals surface area (Å²) >= 11 is 5.35. The summed E-state index contributed by atoms with van der Waals surface area (Å²) in [6, 6.07) is 8.24. The predicted octanol–water partition coefficient (Wildman–Crippen LogP) is 2.08. The second-order valence-corrected chi connectivity index (χ2v) is 5.32. The molecule has 5 heteroatoms. The SMILES string of the molecule is COc1cccc(NC(=S)NC2CCN(C)CC2)c1. The van der Waals surface area contributed by atoms with Crippen LogP contribution in [0.1, 0.15) is 12.8 Å². The number of likely N-dealkylation sites (tertiary alicyclic amines) is 1. The van der Waals surface area contributed by atoms with Gasteiger partial charge in [-0.1, -0.05) is 6.07 Å². The van der Waals surface area contributed by atoms with Crippen molar-refractivity contribution < 1.29 is 4.74 Å². The molecule has 0 aromatic heterocycles. The Balaban J connectivity index is 1.83. The Morgan fingerprint density at radius 2 is 2.11 bits per heavy atom. The Morgan fingerprint density at radius 3 is 2.79 bits per heavy atom. The maximum absolute atomic E-state index is 5.35. The van der Waals surface area contributed by atoms with Crippen molar-refractivity contribution in [1.82, 2.24) is 10.2 Å². The molecule has 1 aromatic rings. The van der Waals surface area contributed by atoms with Gasteiger partial charge >= 0.3 is 0 Å². The predicted molar refractivity (Wildman–Crippen MR) is 82.9 cm³/mol. The van der Waals surface area contributed by atoms with Crippen molar-refractivity contribution in [2.24, 2.45) is 0 Å². The van der Waals surface area contributed by atoms with Crippen LogP contribution in [0.25, 0.3) is 0 Å². The van der Waals surface area contributed by atoms with Gasteiger partial charge in [0.05, 0.1) is 7.11 Å². The van der Waals surface area contributed by atoms with E-state index >= 15 is 0 Å². The molecule has 4 nitrogen and oxygen atoms in total. The van der Waals surface area contributed by atoms with Crippen molar-refractivity contribution in [2.45, 2.75) is 18.9 Å². The molecule has 1 aliphatic heterocycles. The number of nitrogens with one attached hydrogen (secondary N) is 2. The van der Waals surface area contributed by atoms with Crippen molar-refractivity contribution in [3.63, 3.8) is 0 Å².